The molecule has 0 fully saturated rings. The predicted molar refractivity (Wildman–Crippen MR) is 172 cm³/mol. The summed E-state index contributed by atoms with van der Waals surface area (Å²) in [5.41, 5.74) is 5.56. The number of carbonyl (C=O) groups excluding carboxylic acids is 3. The van der Waals surface area contributed by atoms with Crippen molar-refractivity contribution in [2.75, 3.05) is 0 Å². The number of Topliss-reactive ketones (excluding diaryl/α,β-unsaturated/α-hetero) is 1. The van der Waals surface area contributed by atoms with Gasteiger partial charge in [-0.25, -0.2) is 4.79 Å². The molecule has 1 aromatic heterocycles. The van der Waals surface area contributed by atoms with Crippen LogP contribution >= 0.6 is 0 Å². The van der Waals surface area contributed by atoms with E-state index in [9.17, 15) is 14.4 Å². The summed E-state index contributed by atoms with van der Waals surface area (Å²) in [6.45, 7) is 1.96. The van der Waals surface area contributed by atoms with E-state index in [1.54, 1.807) is 60.8 Å². The number of carbonyl (C=O) groups is 3. The van der Waals surface area contributed by atoms with E-state index in [4.69, 9.17) is 4.84 Å². The Kier molecular flexibility index (Phi) is 8.06. The zero-order valence-electron chi connectivity index (χ0n) is 24.0. The van der Waals surface area contributed by atoms with Gasteiger partial charge in [-0.1, -0.05) is 96.2 Å². The second-order valence-corrected chi connectivity index (χ2v) is 10.4. The van der Waals surface area contributed by atoms with Crippen molar-refractivity contribution in [2.24, 2.45) is 5.16 Å². The average Bonchev–Trinajstić information content (AvgIpc) is 3.47. The SMILES string of the molecule is Cc1ccccc1C/C(=N\OC(=O)c1ccccc1)C(=O)c1cn(-c2ccc(C(=O)c3ccccc3)cc2)c2ccccc12. The molecule has 0 spiro atoms. The Bertz CT molecular complexity index is 2010. The first-order chi connectivity index (χ1) is 21.5. The second-order valence-electron chi connectivity index (χ2n) is 10.4. The first-order valence-corrected chi connectivity index (χ1v) is 14.2. The van der Waals surface area contributed by atoms with Gasteiger partial charge in [-0.05, 0) is 60.5 Å². The van der Waals surface area contributed by atoms with Gasteiger partial charge in [0, 0.05) is 40.4 Å². The largest absolute Gasteiger partial charge is 0.365 e. The molecule has 6 aromatic rings. The lowest BCUT2D eigenvalue weighted by Crippen LogP contribution is -2.19. The van der Waals surface area contributed by atoms with E-state index in [1.165, 1.54) is 0 Å². The standard InChI is InChI=1S/C38H28N2O4/c1-26-12-8-9-17-30(26)24-34(39-44-38(43)29-15-6-3-7-16-29)37(42)33-25-40(35-19-11-10-18-32(33)35)31-22-20-28(21-23-31)36(41)27-13-4-2-5-14-27/h2-23,25H,24H2,1H3/b39-34+. The highest BCUT2D eigenvalue weighted by atomic mass is 16.7. The molecule has 1 heterocycles. The summed E-state index contributed by atoms with van der Waals surface area (Å²) >= 11 is 0. The van der Waals surface area contributed by atoms with E-state index >= 15 is 0 Å². The smallest absolute Gasteiger partial charge is 0.316 e. The van der Waals surface area contributed by atoms with Gasteiger partial charge in [-0.2, -0.15) is 0 Å². The monoisotopic (exact) mass is 576 g/mol. The van der Waals surface area contributed by atoms with Gasteiger partial charge >= 0.3 is 5.97 Å². The summed E-state index contributed by atoms with van der Waals surface area (Å²) in [5.74, 6) is -1.05. The Morgan fingerprint density at radius 1 is 0.659 bits per heavy atom. The molecule has 0 atom stereocenters. The van der Waals surface area contributed by atoms with Crippen LogP contribution in [0.1, 0.15) is 47.8 Å². The fraction of sp³-hybridized carbons (Fsp3) is 0.0526. The Hall–Kier alpha value is -5.88. The lowest BCUT2D eigenvalue weighted by atomic mass is 9.98. The van der Waals surface area contributed by atoms with E-state index in [2.05, 4.69) is 5.16 Å². The van der Waals surface area contributed by atoms with Crippen molar-refractivity contribution in [1.29, 1.82) is 0 Å². The molecule has 5 aromatic carbocycles. The van der Waals surface area contributed by atoms with Crippen LogP contribution in [0.3, 0.4) is 0 Å². The van der Waals surface area contributed by atoms with Crippen molar-refractivity contribution in [3.05, 3.63) is 173 Å². The van der Waals surface area contributed by atoms with Crippen LogP contribution in [-0.2, 0) is 11.3 Å². The number of aromatic nitrogens is 1. The summed E-state index contributed by atoms with van der Waals surface area (Å²) in [6, 6.07) is 40.3. The number of hydrogen-bond acceptors (Lipinski definition) is 5. The van der Waals surface area contributed by atoms with E-state index < -0.39 is 5.97 Å². The van der Waals surface area contributed by atoms with Crippen molar-refractivity contribution in [1.82, 2.24) is 4.57 Å². The quantitative estimate of drug-likeness (QED) is 0.0761. The number of aryl methyl sites for hydroxylation is 1. The number of fused-ring (bicyclic) bond motifs is 1. The lowest BCUT2D eigenvalue weighted by molar-refractivity contribution is 0.0515. The van der Waals surface area contributed by atoms with Crippen molar-refractivity contribution in [2.45, 2.75) is 13.3 Å². The maximum absolute atomic E-state index is 14.2. The normalized spacial score (nSPS) is 11.3. The summed E-state index contributed by atoms with van der Waals surface area (Å²) < 4.78 is 1.92. The fourth-order valence-corrected chi connectivity index (χ4v) is 5.13. The lowest BCUT2D eigenvalue weighted by Gasteiger charge is -2.08. The van der Waals surface area contributed by atoms with E-state index in [0.29, 0.717) is 22.3 Å². The molecule has 0 aliphatic heterocycles. The van der Waals surface area contributed by atoms with Gasteiger partial charge < -0.3 is 9.40 Å². The summed E-state index contributed by atoms with van der Waals surface area (Å²) in [4.78, 5) is 45.2. The molecule has 0 aliphatic rings. The number of benzene rings is 5. The van der Waals surface area contributed by atoms with Crippen molar-refractivity contribution in [3.8, 4) is 5.69 Å². The Balaban J connectivity index is 1.36. The number of rotatable bonds is 9. The fourth-order valence-electron chi connectivity index (χ4n) is 5.13. The minimum absolute atomic E-state index is 0.0625. The number of oxime groups is 1. The number of ketones is 2. The van der Waals surface area contributed by atoms with Gasteiger partial charge in [-0.3, -0.25) is 9.59 Å². The molecular formula is C38H28N2O4. The Morgan fingerprint density at radius 2 is 1.25 bits per heavy atom. The van der Waals surface area contributed by atoms with Crippen molar-refractivity contribution in [3.63, 3.8) is 0 Å². The molecule has 0 bridgehead atoms. The zero-order valence-corrected chi connectivity index (χ0v) is 24.0. The van der Waals surface area contributed by atoms with Crippen LogP contribution in [0, 0.1) is 6.92 Å². The summed E-state index contributed by atoms with van der Waals surface area (Å²) in [6.07, 6.45) is 1.96. The molecule has 6 nitrogen and oxygen atoms in total. The van der Waals surface area contributed by atoms with Crippen LogP contribution in [-0.4, -0.2) is 27.8 Å². The molecule has 0 saturated carbocycles. The van der Waals surface area contributed by atoms with Gasteiger partial charge in [-0.15, -0.1) is 0 Å². The number of nitrogens with zero attached hydrogens (tertiary/aromatic N) is 2. The summed E-state index contributed by atoms with van der Waals surface area (Å²) in [7, 11) is 0. The van der Waals surface area contributed by atoms with Crippen LogP contribution in [0.25, 0.3) is 16.6 Å². The minimum atomic E-state index is -0.645. The molecule has 6 heteroatoms. The molecule has 0 saturated heterocycles. The van der Waals surface area contributed by atoms with Crippen LogP contribution < -0.4 is 0 Å². The third-order valence-corrected chi connectivity index (χ3v) is 7.53. The van der Waals surface area contributed by atoms with Gasteiger partial charge in [0.1, 0.15) is 5.71 Å². The van der Waals surface area contributed by atoms with Crippen molar-refractivity contribution < 1.29 is 19.2 Å². The average molecular weight is 577 g/mol. The third-order valence-electron chi connectivity index (χ3n) is 7.53. The van der Waals surface area contributed by atoms with Crippen molar-refractivity contribution >= 4 is 34.2 Å². The molecule has 6 rings (SSSR count). The maximum atomic E-state index is 14.2. The van der Waals surface area contributed by atoms with Crippen LogP contribution in [0.2, 0.25) is 0 Å². The predicted octanol–water partition coefficient (Wildman–Crippen LogP) is 7.81. The molecule has 0 N–H and O–H groups in total. The topological polar surface area (TPSA) is 77.7 Å². The molecule has 0 radical (unpaired) electrons. The van der Waals surface area contributed by atoms with Crippen LogP contribution in [0.5, 0.6) is 0 Å². The molecule has 214 valence electrons. The first-order valence-electron chi connectivity index (χ1n) is 14.2. The third kappa shape index (κ3) is 5.87. The highest BCUT2D eigenvalue weighted by Crippen LogP contribution is 2.27. The van der Waals surface area contributed by atoms with Gasteiger partial charge in [0.2, 0.25) is 5.78 Å². The van der Waals surface area contributed by atoms with Crippen LogP contribution in [0.4, 0.5) is 0 Å². The Morgan fingerprint density at radius 3 is 1.95 bits per heavy atom. The number of para-hydroxylation sites is 1. The van der Waals surface area contributed by atoms with Gasteiger partial charge in [0.25, 0.3) is 0 Å². The van der Waals surface area contributed by atoms with E-state index in [1.807, 2.05) is 90.4 Å². The maximum Gasteiger partial charge on any atom is 0.365 e. The number of hydrogen-bond donors (Lipinski definition) is 0. The molecule has 0 amide bonds. The summed E-state index contributed by atoms with van der Waals surface area (Å²) in [5, 5.41) is 4.86. The Labute approximate surface area is 254 Å². The minimum Gasteiger partial charge on any atom is -0.316 e. The van der Waals surface area contributed by atoms with Gasteiger partial charge in [0.15, 0.2) is 5.78 Å². The van der Waals surface area contributed by atoms with Crippen LogP contribution in [0.15, 0.2) is 145 Å². The highest BCUT2D eigenvalue weighted by molar-refractivity contribution is 6.48. The highest BCUT2D eigenvalue weighted by Gasteiger charge is 2.23. The van der Waals surface area contributed by atoms with E-state index in [-0.39, 0.29) is 23.7 Å². The molecule has 0 aliphatic carbocycles. The van der Waals surface area contributed by atoms with Gasteiger partial charge in [0.05, 0.1) is 11.1 Å². The van der Waals surface area contributed by atoms with E-state index in [0.717, 1.165) is 27.7 Å². The molecule has 0 unspecified atom stereocenters. The zero-order chi connectivity index (χ0) is 30.5. The first kappa shape index (κ1) is 28.2. The molecule has 44 heavy (non-hydrogen) atoms. The molecular weight excluding hydrogens is 548 g/mol. The second kappa shape index (κ2) is 12.5.